The van der Waals surface area contributed by atoms with Crippen LogP contribution in [0.25, 0.3) is 22.0 Å². The molecule has 156 valence electrons. The largest absolute Gasteiger partial charge is 0.321 e. The summed E-state index contributed by atoms with van der Waals surface area (Å²) in [5, 5.41) is 12.6. The van der Waals surface area contributed by atoms with Crippen molar-refractivity contribution < 1.29 is 4.79 Å². The minimum Gasteiger partial charge on any atom is -0.321 e. The van der Waals surface area contributed by atoms with Crippen molar-refractivity contribution in [1.82, 2.24) is 19.7 Å². The summed E-state index contributed by atoms with van der Waals surface area (Å²) < 4.78 is 2.23. The van der Waals surface area contributed by atoms with E-state index in [2.05, 4.69) is 25.1 Å². The molecule has 0 saturated heterocycles. The van der Waals surface area contributed by atoms with Gasteiger partial charge in [-0.2, -0.15) is 0 Å². The first kappa shape index (κ1) is 19.6. The summed E-state index contributed by atoms with van der Waals surface area (Å²) in [6.45, 7) is 2.84. The van der Waals surface area contributed by atoms with Crippen molar-refractivity contribution in [3.8, 4) is 22.0 Å². The van der Waals surface area contributed by atoms with Crippen LogP contribution in [0.2, 0.25) is 0 Å². The molecule has 0 atom stereocenters. The van der Waals surface area contributed by atoms with Crippen LogP contribution in [0.15, 0.2) is 54.6 Å². The Morgan fingerprint density at radius 2 is 1.77 bits per heavy atom. The number of carbonyl (C=O) groups excluding carboxylic acids is 1. The molecular formula is C24H23N5OS. The van der Waals surface area contributed by atoms with Gasteiger partial charge in [0.15, 0.2) is 5.82 Å². The third-order valence-electron chi connectivity index (χ3n) is 5.53. The number of aryl methyl sites for hydroxylation is 2. The summed E-state index contributed by atoms with van der Waals surface area (Å²) in [5.74, 6) is 1.83. The molecule has 31 heavy (non-hydrogen) atoms. The van der Waals surface area contributed by atoms with Crippen molar-refractivity contribution in [2.75, 3.05) is 5.32 Å². The smallest absolute Gasteiger partial charge is 0.267 e. The van der Waals surface area contributed by atoms with Crippen LogP contribution < -0.4 is 5.32 Å². The number of aromatic nitrogens is 4. The Morgan fingerprint density at radius 1 is 0.968 bits per heavy atom. The maximum Gasteiger partial charge on any atom is 0.267 e. The quantitative estimate of drug-likeness (QED) is 0.474. The number of nitrogens with zero attached hydrogens (tertiary/aromatic N) is 4. The molecule has 0 bridgehead atoms. The van der Waals surface area contributed by atoms with Gasteiger partial charge in [0.05, 0.1) is 5.69 Å². The van der Waals surface area contributed by atoms with E-state index in [1.54, 1.807) is 0 Å². The van der Waals surface area contributed by atoms with Crippen molar-refractivity contribution >= 4 is 22.9 Å². The lowest BCUT2D eigenvalue weighted by Gasteiger charge is -2.08. The van der Waals surface area contributed by atoms with Crippen molar-refractivity contribution in [3.05, 3.63) is 71.0 Å². The number of hydrogen-bond donors (Lipinski definition) is 1. The highest BCUT2D eigenvalue weighted by Crippen LogP contribution is 2.29. The summed E-state index contributed by atoms with van der Waals surface area (Å²) in [4.78, 5) is 18.1. The summed E-state index contributed by atoms with van der Waals surface area (Å²) in [7, 11) is 0. The Hall–Kier alpha value is -3.32. The third kappa shape index (κ3) is 4.01. The van der Waals surface area contributed by atoms with Crippen LogP contribution >= 0.6 is 11.3 Å². The van der Waals surface area contributed by atoms with E-state index in [1.807, 2.05) is 61.5 Å². The number of anilines is 1. The molecule has 1 N–H and O–H groups in total. The highest BCUT2D eigenvalue weighted by molar-refractivity contribution is 7.17. The average Bonchev–Trinajstić information content (AvgIpc) is 3.30. The molecule has 0 fully saturated rings. The van der Waals surface area contributed by atoms with Crippen molar-refractivity contribution in [1.29, 1.82) is 0 Å². The Balaban J connectivity index is 1.33. The van der Waals surface area contributed by atoms with Gasteiger partial charge in [0.1, 0.15) is 15.7 Å². The van der Waals surface area contributed by atoms with Gasteiger partial charge in [-0.25, -0.2) is 4.98 Å². The van der Waals surface area contributed by atoms with Crippen LogP contribution in [0.4, 0.5) is 5.69 Å². The number of rotatable bonds is 4. The standard InChI is InChI=1S/C24H23N5OS/c1-16-21(31-24(25-16)18-8-4-2-5-9-18)23(30)26-19-13-11-17(12-14-19)22-28-27-20-10-6-3-7-15-29(20)22/h2,4-5,8-9,11-14H,3,6-7,10,15H2,1H3,(H,26,30). The molecule has 7 heteroatoms. The SMILES string of the molecule is Cc1nc(-c2ccccc2)sc1C(=O)Nc1ccc(-c2nnc3n2CCCCC3)cc1. The zero-order valence-corrected chi connectivity index (χ0v) is 18.2. The van der Waals surface area contributed by atoms with Gasteiger partial charge in [0.2, 0.25) is 0 Å². The molecule has 3 heterocycles. The van der Waals surface area contributed by atoms with Crippen LogP contribution in [-0.4, -0.2) is 25.7 Å². The second-order valence-corrected chi connectivity index (χ2v) is 8.73. The van der Waals surface area contributed by atoms with Crippen molar-refractivity contribution in [2.24, 2.45) is 0 Å². The van der Waals surface area contributed by atoms with Gasteiger partial charge in [-0.05, 0) is 44.0 Å². The molecule has 6 nitrogen and oxygen atoms in total. The normalized spacial score (nSPS) is 13.5. The highest BCUT2D eigenvalue weighted by Gasteiger charge is 2.18. The molecule has 1 aliphatic heterocycles. The molecule has 0 spiro atoms. The Morgan fingerprint density at radius 3 is 2.58 bits per heavy atom. The second-order valence-electron chi connectivity index (χ2n) is 7.73. The van der Waals surface area contributed by atoms with E-state index in [0.717, 1.165) is 58.6 Å². The van der Waals surface area contributed by atoms with Gasteiger partial charge < -0.3 is 9.88 Å². The van der Waals surface area contributed by atoms with Crippen molar-refractivity contribution in [3.63, 3.8) is 0 Å². The summed E-state index contributed by atoms with van der Waals surface area (Å²) in [6, 6.07) is 17.7. The number of fused-ring (bicyclic) bond motifs is 1. The summed E-state index contributed by atoms with van der Waals surface area (Å²) in [5.41, 5.74) is 3.52. The lowest BCUT2D eigenvalue weighted by molar-refractivity contribution is 0.103. The minimum atomic E-state index is -0.138. The Labute approximate surface area is 185 Å². The zero-order chi connectivity index (χ0) is 21.2. The van der Waals surface area contributed by atoms with E-state index in [9.17, 15) is 4.79 Å². The number of thiazole rings is 1. The van der Waals surface area contributed by atoms with Crippen LogP contribution in [0.1, 0.15) is 40.5 Å². The predicted molar refractivity (Wildman–Crippen MR) is 123 cm³/mol. The number of carbonyl (C=O) groups is 1. The molecule has 0 radical (unpaired) electrons. The molecule has 4 aromatic rings. The number of amides is 1. The van der Waals surface area contributed by atoms with E-state index >= 15 is 0 Å². The molecule has 1 amide bonds. The maximum absolute atomic E-state index is 12.9. The van der Waals surface area contributed by atoms with Gasteiger partial charge >= 0.3 is 0 Å². The summed E-state index contributed by atoms with van der Waals surface area (Å²) in [6.07, 6.45) is 4.55. The topological polar surface area (TPSA) is 72.7 Å². The van der Waals surface area contributed by atoms with E-state index in [1.165, 1.54) is 24.2 Å². The Bertz CT molecular complexity index is 1210. The molecule has 2 aromatic carbocycles. The lowest BCUT2D eigenvalue weighted by Crippen LogP contribution is -2.11. The van der Waals surface area contributed by atoms with E-state index < -0.39 is 0 Å². The molecule has 5 rings (SSSR count). The number of nitrogens with one attached hydrogen (secondary N) is 1. The minimum absolute atomic E-state index is 0.138. The van der Waals surface area contributed by atoms with Gasteiger partial charge in [0, 0.05) is 29.8 Å². The van der Waals surface area contributed by atoms with Gasteiger partial charge in [0.25, 0.3) is 5.91 Å². The van der Waals surface area contributed by atoms with Crippen LogP contribution in [0.3, 0.4) is 0 Å². The second kappa shape index (κ2) is 8.43. The molecule has 0 unspecified atom stereocenters. The number of hydrogen-bond acceptors (Lipinski definition) is 5. The molecule has 2 aromatic heterocycles. The van der Waals surface area contributed by atoms with Gasteiger partial charge in [-0.15, -0.1) is 21.5 Å². The fourth-order valence-electron chi connectivity index (χ4n) is 3.90. The lowest BCUT2D eigenvalue weighted by atomic mass is 10.2. The first-order chi connectivity index (χ1) is 15.2. The first-order valence-corrected chi connectivity index (χ1v) is 11.4. The van der Waals surface area contributed by atoms with Crippen LogP contribution in [-0.2, 0) is 13.0 Å². The summed E-state index contributed by atoms with van der Waals surface area (Å²) >= 11 is 1.41. The Kier molecular flexibility index (Phi) is 5.34. The van der Waals surface area contributed by atoms with Gasteiger partial charge in [-0.3, -0.25) is 4.79 Å². The molecule has 0 saturated carbocycles. The van der Waals surface area contributed by atoms with E-state index in [4.69, 9.17) is 0 Å². The van der Waals surface area contributed by atoms with Crippen LogP contribution in [0, 0.1) is 6.92 Å². The third-order valence-corrected chi connectivity index (χ3v) is 6.74. The monoisotopic (exact) mass is 429 g/mol. The van der Waals surface area contributed by atoms with Crippen LogP contribution in [0.5, 0.6) is 0 Å². The van der Waals surface area contributed by atoms with E-state index in [-0.39, 0.29) is 5.91 Å². The molecule has 1 aliphatic rings. The number of benzene rings is 2. The zero-order valence-electron chi connectivity index (χ0n) is 17.3. The average molecular weight is 430 g/mol. The van der Waals surface area contributed by atoms with Gasteiger partial charge in [-0.1, -0.05) is 36.8 Å². The maximum atomic E-state index is 12.9. The van der Waals surface area contributed by atoms with E-state index in [0.29, 0.717) is 4.88 Å². The molecular weight excluding hydrogens is 406 g/mol. The molecule has 0 aliphatic carbocycles. The first-order valence-electron chi connectivity index (χ1n) is 10.6. The predicted octanol–water partition coefficient (Wildman–Crippen LogP) is 5.36. The fraction of sp³-hybridized carbons (Fsp3) is 0.250. The van der Waals surface area contributed by atoms with Crippen molar-refractivity contribution in [2.45, 2.75) is 39.2 Å². The fourth-order valence-corrected chi connectivity index (χ4v) is 4.87. The highest BCUT2D eigenvalue weighted by atomic mass is 32.1.